The maximum Gasteiger partial charge on any atom is 0.283 e. The number of benzene rings is 1. The van der Waals surface area contributed by atoms with Crippen molar-refractivity contribution in [2.45, 2.75) is 66.2 Å². The molecule has 2 aliphatic rings. The molecule has 0 radical (unpaired) electrons. The van der Waals surface area contributed by atoms with Gasteiger partial charge in [0.1, 0.15) is 5.04 Å². The van der Waals surface area contributed by atoms with E-state index >= 15 is 0 Å². The van der Waals surface area contributed by atoms with Crippen LogP contribution in [0.5, 0.6) is 0 Å². The lowest BCUT2D eigenvalue weighted by Crippen LogP contribution is -2.35. The predicted molar refractivity (Wildman–Crippen MR) is 143 cm³/mol. The smallest absolute Gasteiger partial charge is 0.283 e. The molecular weight excluding hydrogens is 466 g/mol. The van der Waals surface area contributed by atoms with Crippen molar-refractivity contribution in [2.75, 3.05) is 0 Å². The zero-order chi connectivity index (χ0) is 24.4. The number of nitrogens with zero attached hydrogens (tertiary/aromatic N) is 4. The maximum absolute atomic E-state index is 12.8. The fourth-order valence-corrected chi connectivity index (χ4v) is 5.51. The fourth-order valence-electron chi connectivity index (χ4n) is 4.27. The van der Waals surface area contributed by atoms with Gasteiger partial charge < -0.3 is 4.57 Å². The van der Waals surface area contributed by atoms with Gasteiger partial charge in [-0.2, -0.15) is 15.1 Å². The van der Waals surface area contributed by atoms with E-state index < -0.39 is 5.91 Å². The quantitative estimate of drug-likeness (QED) is 0.315. The molecule has 0 saturated heterocycles. The van der Waals surface area contributed by atoms with Crippen LogP contribution in [0.2, 0.25) is 5.02 Å². The molecule has 3 heterocycles. The van der Waals surface area contributed by atoms with E-state index in [4.69, 9.17) is 17.0 Å². The average molecular weight is 496 g/mol. The highest BCUT2D eigenvalue weighted by Crippen LogP contribution is 2.32. The van der Waals surface area contributed by atoms with Crippen molar-refractivity contribution < 1.29 is 4.79 Å². The third-order valence-electron chi connectivity index (χ3n) is 6.10. The number of carbonyl (C=O) groups excluding carboxylic acids is 1. The molecule has 0 atom stereocenters. The van der Waals surface area contributed by atoms with Crippen molar-refractivity contribution in [2.24, 2.45) is 10.1 Å². The Balaban J connectivity index is 1.58. The Kier molecular flexibility index (Phi) is 7.43. The minimum Gasteiger partial charge on any atom is -0.316 e. The SMILES string of the molecule is CCCCCCCC1=NN2C(=N)/C(=C/c3cc(C)n(-c4ccc(C)cc4Cl)c3C)C(=O)N=C2S1. The molecule has 0 bridgehead atoms. The summed E-state index contributed by atoms with van der Waals surface area (Å²) < 4.78 is 2.07. The van der Waals surface area contributed by atoms with Crippen molar-refractivity contribution >= 4 is 51.4 Å². The molecule has 8 heteroatoms. The highest BCUT2D eigenvalue weighted by Gasteiger charge is 2.35. The normalized spacial score (nSPS) is 16.9. The third-order valence-corrected chi connectivity index (χ3v) is 7.38. The van der Waals surface area contributed by atoms with Crippen LogP contribution in [0.25, 0.3) is 11.8 Å². The number of aryl methyl sites for hydroxylation is 2. The van der Waals surface area contributed by atoms with Gasteiger partial charge in [-0.25, -0.2) is 0 Å². The molecule has 6 nitrogen and oxygen atoms in total. The zero-order valence-corrected chi connectivity index (χ0v) is 21.7. The summed E-state index contributed by atoms with van der Waals surface area (Å²) in [6.45, 7) is 8.20. The molecule has 1 aromatic heterocycles. The number of hydrogen-bond donors (Lipinski definition) is 1. The Morgan fingerprint density at radius 3 is 2.62 bits per heavy atom. The standard InChI is InChI=1S/C26H30ClN5OS/c1-5-6-7-8-9-10-23-30-32-24(28)20(25(33)29-26(32)34-23)15-19-14-17(3)31(18(19)4)22-12-11-16(2)13-21(22)27/h11-15,28H,5-10H2,1-4H3/b20-15-,28-24?. The number of fused-ring (bicyclic) bond motifs is 1. The second-order valence-corrected chi connectivity index (χ2v) is 10.2. The number of unbranched alkanes of at least 4 members (excludes halogenated alkanes) is 4. The second kappa shape index (κ2) is 10.3. The number of aliphatic imine (C=N–C) groups is 1. The zero-order valence-electron chi connectivity index (χ0n) is 20.1. The van der Waals surface area contributed by atoms with Crippen LogP contribution in [0, 0.1) is 26.2 Å². The number of aromatic nitrogens is 1. The molecule has 178 valence electrons. The first kappa shape index (κ1) is 24.5. The largest absolute Gasteiger partial charge is 0.316 e. The van der Waals surface area contributed by atoms with Crippen LogP contribution in [-0.2, 0) is 4.79 Å². The first-order chi connectivity index (χ1) is 16.3. The van der Waals surface area contributed by atoms with Crippen molar-refractivity contribution in [3.05, 3.63) is 57.4 Å². The lowest BCUT2D eigenvalue weighted by Gasteiger charge is -2.20. The van der Waals surface area contributed by atoms with Crippen LogP contribution >= 0.6 is 23.4 Å². The number of halogens is 1. The minimum atomic E-state index is -0.402. The minimum absolute atomic E-state index is 0.0710. The number of amides is 1. The number of amidine groups is 2. The lowest BCUT2D eigenvalue weighted by molar-refractivity contribution is -0.114. The monoisotopic (exact) mass is 495 g/mol. The molecular formula is C26H30ClN5OS. The Hall–Kier alpha value is -2.64. The van der Waals surface area contributed by atoms with E-state index in [9.17, 15) is 4.79 Å². The van der Waals surface area contributed by atoms with Crippen molar-refractivity contribution in [1.29, 1.82) is 5.41 Å². The van der Waals surface area contributed by atoms with E-state index in [0.29, 0.717) is 10.2 Å². The van der Waals surface area contributed by atoms with Crippen molar-refractivity contribution in [3.63, 3.8) is 0 Å². The van der Waals surface area contributed by atoms with Gasteiger partial charge in [-0.05, 0) is 80.8 Å². The van der Waals surface area contributed by atoms with Crippen LogP contribution < -0.4 is 0 Å². The first-order valence-corrected chi connectivity index (χ1v) is 12.9. The summed E-state index contributed by atoms with van der Waals surface area (Å²) in [5.41, 5.74) is 5.02. The summed E-state index contributed by atoms with van der Waals surface area (Å²) in [7, 11) is 0. The molecule has 2 aromatic rings. The van der Waals surface area contributed by atoms with Gasteiger partial charge in [-0.1, -0.05) is 50.3 Å². The van der Waals surface area contributed by atoms with Gasteiger partial charge in [0.15, 0.2) is 5.84 Å². The van der Waals surface area contributed by atoms with Gasteiger partial charge in [-0.3, -0.25) is 10.2 Å². The topological polar surface area (TPSA) is 73.8 Å². The van der Waals surface area contributed by atoms with Crippen LogP contribution in [-0.4, -0.2) is 31.5 Å². The first-order valence-electron chi connectivity index (χ1n) is 11.7. The maximum atomic E-state index is 12.8. The molecule has 0 aliphatic carbocycles. The van der Waals surface area contributed by atoms with Crippen molar-refractivity contribution in [3.8, 4) is 5.69 Å². The van der Waals surface area contributed by atoms with Crippen LogP contribution in [0.3, 0.4) is 0 Å². The summed E-state index contributed by atoms with van der Waals surface area (Å²) in [4.78, 5) is 17.1. The summed E-state index contributed by atoms with van der Waals surface area (Å²) in [6.07, 6.45) is 8.52. The lowest BCUT2D eigenvalue weighted by atomic mass is 10.1. The van der Waals surface area contributed by atoms with Gasteiger partial charge in [0.2, 0.25) is 5.17 Å². The van der Waals surface area contributed by atoms with E-state index in [1.54, 1.807) is 6.08 Å². The van der Waals surface area contributed by atoms with Gasteiger partial charge in [0.25, 0.3) is 5.91 Å². The highest BCUT2D eigenvalue weighted by molar-refractivity contribution is 8.26. The molecule has 0 spiro atoms. The number of thioether (sulfide) groups is 1. The molecule has 2 aliphatic heterocycles. The number of hydrogen-bond acceptors (Lipinski definition) is 4. The molecule has 0 saturated carbocycles. The molecule has 1 N–H and O–H groups in total. The van der Waals surface area contributed by atoms with Gasteiger partial charge in [0.05, 0.1) is 16.3 Å². The summed E-state index contributed by atoms with van der Waals surface area (Å²) in [5, 5.41) is 16.8. The van der Waals surface area contributed by atoms with E-state index in [1.165, 1.54) is 42.5 Å². The summed E-state index contributed by atoms with van der Waals surface area (Å²) >= 11 is 7.93. The van der Waals surface area contributed by atoms with E-state index in [1.807, 2.05) is 45.0 Å². The molecule has 0 unspecified atom stereocenters. The Morgan fingerprint density at radius 1 is 1.12 bits per heavy atom. The average Bonchev–Trinajstić information content (AvgIpc) is 3.31. The summed E-state index contributed by atoms with van der Waals surface area (Å²) in [6, 6.07) is 7.97. The number of hydrazone groups is 1. The number of nitrogens with one attached hydrogen (secondary N) is 1. The van der Waals surface area contributed by atoms with E-state index in [2.05, 4.69) is 21.6 Å². The molecule has 0 fully saturated rings. The van der Waals surface area contributed by atoms with Gasteiger partial charge >= 0.3 is 0 Å². The number of rotatable bonds is 8. The molecule has 4 rings (SSSR count). The molecule has 34 heavy (non-hydrogen) atoms. The Labute approximate surface area is 210 Å². The van der Waals surface area contributed by atoms with Crippen LogP contribution in [0.15, 0.2) is 39.9 Å². The molecule has 1 aromatic carbocycles. The number of carbonyl (C=O) groups is 1. The molecule has 1 amide bonds. The fraction of sp³-hybridized carbons (Fsp3) is 0.385. The third kappa shape index (κ3) is 4.91. The second-order valence-electron chi connectivity index (χ2n) is 8.79. The summed E-state index contributed by atoms with van der Waals surface area (Å²) in [5.74, 6) is -0.331. The predicted octanol–water partition coefficient (Wildman–Crippen LogP) is 7.04. The Bertz CT molecular complexity index is 1240. The van der Waals surface area contributed by atoms with Crippen LogP contribution in [0.1, 0.15) is 68.0 Å². The van der Waals surface area contributed by atoms with Gasteiger partial charge in [0, 0.05) is 11.4 Å². The van der Waals surface area contributed by atoms with Crippen LogP contribution in [0.4, 0.5) is 0 Å². The van der Waals surface area contributed by atoms with Gasteiger partial charge in [-0.15, -0.1) is 0 Å². The Morgan fingerprint density at radius 2 is 1.88 bits per heavy atom. The van der Waals surface area contributed by atoms with E-state index in [0.717, 1.165) is 46.1 Å². The van der Waals surface area contributed by atoms with Crippen molar-refractivity contribution in [1.82, 2.24) is 9.58 Å². The van der Waals surface area contributed by atoms with E-state index in [-0.39, 0.29) is 11.4 Å². The highest BCUT2D eigenvalue weighted by atomic mass is 35.5.